The fourth-order valence-electron chi connectivity index (χ4n) is 4.07. The molecule has 0 spiro atoms. The van der Waals surface area contributed by atoms with Crippen molar-refractivity contribution in [2.24, 2.45) is 0 Å². The molecule has 5 rings (SSSR count). The Kier molecular flexibility index (Phi) is 6.73. The largest absolute Gasteiger partial charge is 0.325 e. The lowest BCUT2D eigenvalue weighted by atomic mass is 10.1. The van der Waals surface area contributed by atoms with Crippen LogP contribution >= 0.6 is 11.8 Å². The van der Waals surface area contributed by atoms with E-state index in [1.54, 1.807) is 34.9 Å². The lowest BCUT2D eigenvalue weighted by molar-refractivity contribution is -0.113. The highest BCUT2D eigenvalue weighted by molar-refractivity contribution is 7.99. The van der Waals surface area contributed by atoms with E-state index in [9.17, 15) is 14.4 Å². The van der Waals surface area contributed by atoms with Gasteiger partial charge in [0.2, 0.25) is 5.91 Å². The van der Waals surface area contributed by atoms with Gasteiger partial charge in [0.05, 0.1) is 33.4 Å². The molecule has 0 atom stereocenters. The summed E-state index contributed by atoms with van der Waals surface area (Å²) in [6.45, 7) is 2.16. The molecule has 0 aliphatic heterocycles. The Bertz CT molecular complexity index is 1670. The Balaban J connectivity index is 1.41. The van der Waals surface area contributed by atoms with E-state index in [2.05, 4.69) is 22.2 Å². The summed E-state index contributed by atoms with van der Waals surface area (Å²) in [5.74, 6) is -0.192. The van der Waals surface area contributed by atoms with Crippen LogP contribution in [0.3, 0.4) is 0 Å². The fraction of sp³-hybridized carbons (Fsp3) is 0.185. The second-order valence-electron chi connectivity index (χ2n) is 8.50. The number of carbonyl (C=O) groups is 1. The van der Waals surface area contributed by atoms with Gasteiger partial charge in [0, 0.05) is 5.69 Å². The number of para-hydroxylation sites is 1. The van der Waals surface area contributed by atoms with Gasteiger partial charge < -0.3 is 15.3 Å². The van der Waals surface area contributed by atoms with Crippen molar-refractivity contribution in [3.63, 3.8) is 0 Å². The van der Waals surface area contributed by atoms with Gasteiger partial charge in [-0.1, -0.05) is 49.4 Å². The molecular formula is C27H25N5O3S. The molecular weight excluding hydrogens is 474 g/mol. The van der Waals surface area contributed by atoms with Crippen LogP contribution in [0.4, 0.5) is 5.69 Å². The van der Waals surface area contributed by atoms with Crippen molar-refractivity contribution in [3.05, 3.63) is 93.1 Å². The third kappa shape index (κ3) is 4.96. The minimum Gasteiger partial charge on any atom is -0.325 e. The third-order valence-corrected chi connectivity index (χ3v) is 6.83. The first-order valence-corrected chi connectivity index (χ1v) is 12.8. The predicted octanol–water partition coefficient (Wildman–Crippen LogP) is 4.63. The quantitative estimate of drug-likeness (QED) is 0.213. The highest BCUT2D eigenvalue weighted by Crippen LogP contribution is 2.23. The van der Waals surface area contributed by atoms with Crippen LogP contribution in [0.5, 0.6) is 0 Å². The van der Waals surface area contributed by atoms with E-state index < -0.39 is 0 Å². The number of aromatic nitrogens is 4. The van der Waals surface area contributed by atoms with Gasteiger partial charge in [0.25, 0.3) is 5.56 Å². The number of nitrogens with zero attached hydrogens (tertiary/aromatic N) is 2. The van der Waals surface area contributed by atoms with Gasteiger partial charge in [-0.15, -0.1) is 0 Å². The zero-order valence-corrected chi connectivity index (χ0v) is 20.5. The average molecular weight is 500 g/mol. The molecule has 0 aliphatic rings. The zero-order chi connectivity index (χ0) is 25.1. The summed E-state index contributed by atoms with van der Waals surface area (Å²) < 4.78 is 1.57. The first-order valence-electron chi connectivity index (χ1n) is 11.8. The van der Waals surface area contributed by atoms with Crippen LogP contribution in [-0.2, 0) is 11.2 Å². The Morgan fingerprint density at radius 1 is 1.00 bits per heavy atom. The number of unbranched alkanes of at least 4 members (excludes halogenated alkanes) is 1. The third-order valence-electron chi connectivity index (χ3n) is 5.89. The number of aromatic amines is 2. The second kappa shape index (κ2) is 10.2. The van der Waals surface area contributed by atoms with Crippen LogP contribution in [0, 0.1) is 0 Å². The van der Waals surface area contributed by atoms with Crippen molar-refractivity contribution >= 4 is 45.3 Å². The van der Waals surface area contributed by atoms with E-state index in [0.717, 1.165) is 19.3 Å². The molecule has 0 saturated carbocycles. The zero-order valence-electron chi connectivity index (χ0n) is 19.7. The number of amides is 1. The van der Waals surface area contributed by atoms with Crippen molar-refractivity contribution < 1.29 is 4.79 Å². The van der Waals surface area contributed by atoms with Crippen LogP contribution < -0.4 is 16.6 Å². The Morgan fingerprint density at radius 3 is 2.58 bits per heavy atom. The van der Waals surface area contributed by atoms with Gasteiger partial charge in [-0.05, 0) is 60.9 Å². The predicted molar refractivity (Wildman–Crippen MR) is 144 cm³/mol. The molecule has 0 fully saturated rings. The molecule has 0 radical (unpaired) electrons. The van der Waals surface area contributed by atoms with Crippen molar-refractivity contribution in [3.8, 4) is 5.69 Å². The molecule has 0 unspecified atom stereocenters. The number of carbonyl (C=O) groups excluding carboxylic acids is 1. The molecule has 8 nitrogen and oxygen atoms in total. The molecule has 3 aromatic carbocycles. The van der Waals surface area contributed by atoms with E-state index in [1.165, 1.54) is 17.3 Å². The highest BCUT2D eigenvalue weighted by Gasteiger charge is 2.15. The summed E-state index contributed by atoms with van der Waals surface area (Å²) in [6, 6.07) is 20.3. The minimum atomic E-state index is -0.303. The fourth-order valence-corrected chi connectivity index (χ4v) is 4.88. The number of hydrogen-bond donors (Lipinski definition) is 3. The van der Waals surface area contributed by atoms with Crippen LogP contribution in [0.25, 0.3) is 27.6 Å². The van der Waals surface area contributed by atoms with Gasteiger partial charge in [0.15, 0.2) is 5.16 Å². The minimum absolute atomic E-state index is 0.0566. The van der Waals surface area contributed by atoms with Crippen LogP contribution in [0.1, 0.15) is 25.3 Å². The molecule has 182 valence electrons. The van der Waals surface area contributed by atoms with Crippen molar-refractivity contribution in [2.45, 2.75) is 31.3 Å². The Hall–Kier alpha value is -4.11. The maximum atomic E-state index is 13.4. The lowest BCUT2D eigenvalue weighted by Gasteiger charge is -2.14. The number of H-pyrrole nitrogens is 2. The van der Waals surface area contributed by atoms with Crippen molar-refractivity contribution in [1.29, 1.82) is 0 Å². The summed E-state index contributed by atoms with van der Waals surface area (Å²) in [4.78, 5) is 47.7. The smallest absolute Gasteiger partial charge is 0.323 e. The average Bonchev–Trinajstić information content (AvgIpc) is 3.26. The van der Waals surface area contributed by atoms with Crippen LogP contribution in [0.2, 0.25) is 0 Å². The monoisotopic (exact) mass is 499 g/mol. The van der Waals surface area contributed by atoms with Gasteiger partial charge in [-0.2, -0.15) is 0 Å². The second-order valence-corrected chi connectivity index (χ2v) is 9.44. The number of benzene rings is 3. The lowest BCUT2D eigenvalue weighted by Crippen LogP contribution is -2.23. The van der Waals surface area contributed by atoms with Crippen molar-refractivity contribution in [1.82, 2.24) is 19.5 Å². The molecule has 1 amide bonds. The standard InChI is InChI=1S/C27H25N5O3S/c1-2-3-6-17-9-12-19(13-10-17)32-25(34)20-7-4-5-8-21(20)31-27(32)36-16-24(33)28-18-11-14-22-23(15-18)30-26(35)29-22/h4-5,7-15H,2-3,6,16H2,1H3,(H,28,33)(H2,29,30,35). The number of nitrogens with one attached hydrogen (secondary N) is 3. The number of rotatable bonds is 8. The number of anilines is 1. The molecule has 2 heterocycles. The first kappa shape index (κ1) is 23.6. The van der Waals surface area contributed by atoms with E-state index in [4.69, 9.17) is 4.98 Å². The van der Waals surface area contributed by atoms with Gasteiger partial charge in [-0.25, -0.2) is 9.78 Å². The highest BCUT2D eigenvalue weighted by atomic mass is 32.2. The van der Waals surface area contributed by atoms with E-state index >= 15 is 0 Å². The molecule has 36 heavy (non-hydrogen) atoms. The van der Waals surface area contributed by atoms with Crippen LogP contribution in [-0.4, -0.2) is 31.2 Å². The summed E-state index contributed by atoms with van der Waals surface area (Å²) in [5.41, 5.74) is 3.88. The summed E-state index contributed by atoms with van der Waals surface area (Å²) in [6.07, 6.45) is 3.22. The summed E-state index contributed by atoms with van der Waals surface area (Å²) >= 11 is 1.20. The number of thioether (sulfide) groups is 1. The first-order chi connectivity index (χ1) is 17.5. The van der Waals surface area contributed by atoms with E-state index in [0.29, 0.717) is 38.5 Å². The van der Waals surface area contributed by atoms with Gasteiger partial charge in [0.1, 0.15) is 0 Å². The number of hydrogen-bond acceptors (Lipinski definition) is 5. The Morgan fingerprint density at radius 2 is 1.78 bits per heavy atom. The maximum Gasteiger partial charge on any atom is 0.323 e. The van der Waals surface area contributed by atoms with E-state index in [1.807, 2.05) is 36.4 Å². The normalized spacial score (nSPS) is 11.2. The summed E-state index contributed by atoms with van der Waals surface area (Å²) in [7, 11) is 0. The summed E-state index contributed by atoms with van der Waals surface area (Å²) in [5, 5.41) is 3.81. The van der Waals surface area contributed by atoms with E-state index in [-0.39, 0.29) is 22.9 Å². The molecule has 2 aromatic heterocycles. The molecule has 0 aliphatic carbocycles. The van der Waals surface area contributed by atoms with Gasteiger partial charge >= 0.3 is 5.69 Å². The molecule has 5 aromatic rings. The molecule has 3 N–H and O–H groups in total. The topological polar surface area (TPSA) is 113 Å². The molecule has 9 heteroatoms. The number of fused-ring (bicyclic) bond motifs is 2. The number of imidazole rings is 1. The van der Waals surface area contributed by atoms with Crippen molar-refractivity contribution in [2.75, 3.05) is 11.1 Å². The SMILES string of the molecule is CCCCc1ccc(-n2c(SCC(=O)Nc3ccc4[nH]c(=O)[nH]c4c3)nc3ccccc3c2=O)cc1. The maximum absolute atomic E-state index is 13.4. The Labute approximate surface area is 210 Å². The van der Waals surface area contributed by atoms with Gasteiger partial charge in [-0.3, -0.25) is 14.2 Å². The molecule has 0 bridgehead atoms. The number of aryl methyl sites for hydroxylation is 1. The molecule has 0 saturated heterocycles. The van der Waals surface area contributed by atoms with Crippen LogP contribution in [0.15, 0.2) is 81.5 Å².